The van der Waals surface area contributed by atoms with Crippen molar-refractivity contribution in [3.8, 4) is 0 Å². The number of ether oxygens (including phenoxy) is 1. The summed E-state index contributed by atoms with van der Waals surface area (Å²) < 4.78 is 5.01. The SMILES string of the molecule is O=C(N/N=C/C=C/c1ccccc1)OCc1ccccc1. The maximum Gasteiger partial charge on any atom is 0.428 e. The fraction of sp³-hybridized carbons (Fsp3) is 0.0588. The Kier molecular flexibility index (Phi) is 5.76. The van der Waals surface area contributed by atoms with Crippen molar-refractivity contribution in [1.82, 2.24) is 5.43 Å². The Hall–Kier alpha value is -2.88. The number of carbonyl (C=O) groups excluding carboxylic acids is 1. The Balaban J connectivity index is 1.69. The minimum Gasteiger partial charge on any atom is -0.443 e. The van der Waals surface area contributed by atoms with Crippen LogP contribution >= 0.6 is 0 Å². The molecule has 0 unspecified atom stereocenters. The van der Waals surface area contributed by atoms with Gasteiger partial charge in [0.25, 0.3) is 0 Å². The highest BCUT2D eigenvalue weighted by Gasteiger charge is 1.99. The summed E-state index contributed by atoms with van der Waals surface area (Å²) in [6, 6.07) is 19.3. The van der Waals surface area contributed by atoms with Crippen LogP contribution in [0, 0.1) is 0 Å². The van der Waals surface area contributed by atoms with E-state index in [0.29, 0.717) is 0 Å². The molecule has 2 aromatic rings. The molecule has 0 aromatic heterocycles. The highest BCUT2D eigenvalue weighted by molar-refractivity contribution is 5.79. The summed E-state index contributed by atoms with van der Waals surface area (Å²) in [5.74, 6) is 0. The van der Waals surface area contributed by atoms with Gasteiger partial charge < -0.3 is 4.74 Å². The Morgan fingerprint density at radius 1 is 1.05 bits per heavy atom. The molecule has 0 fully saturated rings. The fourth-order valence-corrected chi connectivity index (χ4v) is 1.61. The molecule has 0 saturated heterocycles. The van der Waals surface area contributed by atoms with Crippen molar-refractivity contribution in [1.29, 1.82) is 0 Å². The predicted molar refractivity (Wildman–Crippen MR) is 83.7 cm³/mol. The molecule has 4 heteroatoms. The number of nitrogens with one attached hydrogen (secondary N) is 1. The predicted octanol–water partition coefficient (Wildman–Crippen LogP) is 3.61. The maximum absolute atomic E-state index is 11.4. The monoisotopic (exact) mass is 280 g/mol. The lowest BCUT2D eigenvalue weighted by molar-refractivity contribution is 0.140. The minimum atomic E-state index is -0.580. The molecule has 0 heterocycles. The molecule has 0 saturated carbocycles. The van der Waals surface area contributed by atoms with E-state index in [-0.39, 0.29) is 6.61 Å². The number of carbonyl (C=O) groups is 1. The van der Waals surface area contributed by atoms with E-state index < -0.39 is 6.09 Å². The van der Waals surface area contributed by atoms with Crippen LogP contribution in [0.2, 0.25) is 0 Å². The highest BCUT2D eigenvalue weighted by atomic mass is 16.5. The Labute approximate surface area is 123 Å². The number of hydrogen-bond acceptors (Lipinski definition) is 3. The summed E-state index contributed by atoms with van der Waals surface area (Å²) in [4.78, 5) is 11.4. The van der Waals surface area contributed by atoms with Crippen molar-refractivity contribution in [2.75, 3.05) is 0 Å². The molecule has 2 rings (SSSR count). The van der Waals surface area contributed by atoms with E-state index in [1.54, 1.807) is 6.08 Å². The Morgan fingerprint density at radius 2 is 1.71 bits per heavy atom. The Bertz CT molecular complexity index is 607. The quantitative estimate of drug-likeness (QED) is 0.672. The number of hydrogen-bond donors (Lipinski definition) is 1. The van der Waals surface area contributed by atoms with Crippen molar-refractivity contribution in [3.63, 3.8) is 0 Å². The van der Waals surface area contributed by atoms with Crippen molar-refractivity contribution in [2.45, 2.75) is 6.61 Å². The smallest absolute Gasteiger partial charge is 0.428 e. The summed E-state index contributed by atoms with van der Waals surface area (Å²) in [5, 5.41) is 3.76. The molecule has 0 atom stereocenters. The van der Waals surface area contributed by atoms with Crippen LogP contribution in [0.15, 0.2) is 71.8 Å². The van der Waals surface area contributed by atoms with Gasteiger partial charge in [0.2, 0.25) is 0 Å². The van der Waals surface area contributed by atoms with Gasteiger partial charge in [-0.05, 0) is 17.2 Å². The zero-order valence-electron chi connectivity index (χ0n) is 11.5. The van der Waals surface area contributed by atoms with E-state index >= 15 is 0 Å². The zero-order chi connectivity index (χ0) is 14.8. The van der Waals surface area contributed by atoms with Crippen molar-refractivity contribution in [2.24, 2.45) is 5.10 Å². The van der Waals surface area contributed by atoms with Gasteiger partial charge in [-0.3, -0.25) is 0 Å². The van der Waals surface area contributed by atoms with Gasteiger partial charge in [-0.1, -0.05) is 66.7 Å². The lowest BCUT2D eigenvalue weighted by Gasteiger charge is -2.02. The number of rotatable bonds is 5. The largest absolute Gasteiger partial charge is 0.443 e. The molecule has 0 spiro atoms. The molecule has 106 valence electrons. The van der Waals surface area contributed by atoms with Crippen LogP contribution in [0.3, 0.4) is 0 Å². The van der Waals surface area contributed by atoms with Crippen LogP contribution in [-0.2, 0) is 11.3 Å². The molecule has 2 aromatic carbocycles. The first-order chi connectivity index (χ1) is 10.3. The molecule has 0 bridgehead atoms. The molecule has 0 aliphatic heterocycles. The standard InChI is InChI=1S/C17H16N2O2/c20-17(21-14-16-10-5-2-6-11-16)19-18-13-7-12-15-8-3-1-4-9-15/h1-13H,14H2,(H,19,20)/b12-7+,18-13+. The lowest BCUT2D eigenvalue weighted by Crippen LogP contribution is -2.18. The maximum atomic E-state index is 11.4. The van der Waals surface area contributed by atoms with Gasteiger partial charge in [-0.25, -0.2) is 10.2 Å². The third-order valence-electron chi connectivity index (χ3n) is 2.62. The van der Waals surface area contributed by atoms with E-state index in [9.17, 15) is 4.79 Å². The van der Waals surface area contributed by atoms with Gasteiger partial charge in [0.15, 0.2) is 0 Å². The molecule has 0 aliphatic carbocycles. The first-order valence-corrected chi connectivity index (χ1v) is 6.56. The van der Waals surface area contributed by atoms with Crippen LogP contribution in [0.4, 0.5) is 4.79 Å². The van der Waals surface area contributed by atoms with Crippen LogP contribution in [0.25, 0.3) is 6.08 Å². The van der Waals surface area contributed by atoms with Gasteiger partial charge in [-0.15, -0.1) is 0 Å². The van der Waals surface area contributed by atoms with Gasteiger partial charge in [0.05, 0.1) is 0 Å². The molecule has 0 aliphatic rings. The molecular weight excluding hydrogens is 264 g/mol. The summed E-state index contributed by atoms with van der Waals surface area (Å²) in [6.45, 7) is 0.224. The Morgan fingerprint density at radius 3 is 2.43 bits per heavy atom. The summed E-state index contributed by atoms with van der Waals surface area (Å²) in [5.41, 5.74) is 4.29. The van der Waals surface area contributed by atoms with E-state index in [1.165, 1.54) is 6.21 Å². The molecule has 4 nitrogen and oxygen atoms in total. The van der Waals surface area contributed by atoms with Crippen LogP contribution in [-0.4, -0.2) is 12.3 Å². The van der Waals surface area contributed by atoms with Gasteiger partial charge in [0, 0.05) is 6.21 Å². The molecule has 21 heavy (non-hydrogen) atoms. The average molecular weight is 280 g/mol. The fourth-order valence-electron chi connectivity index (χ4n) is 1.61. The van der Waals surface area contributed by atoms with Crippen LogP contribution in [0.5, 0.6) is 0 Å². The number of nitrogens with zero attached hydrogens (tertiary/aromatic N) is 1. The molecule has 1 amide bonds. The number of amides is 1. The van der Waals surface area contributed by atoms with Gasteiger partial charge in [0.1, 0.15) is 6.61 Å². The lowest BCUT2D eigenvalue weighted by atomic mass is 10.2. The number of benzene rings is 2. The van der Waals surface area contributed by atoms with Crippen molar-refractivity contribution < 1.29 is 9.53 Å². The summed E-state index contributed by atoms with van der Waals surface area (Å²) >= 11 is 0. The van der Waals surface area contributed by atoms with Gasteiger partial charge >= 0.3 is 6.09 Å². The second-order valence-corrected chi connectivity index (χ2v) is 4.22. The number of allylic oxidation sites excluding steroid dienone is 1. The van der Waals surface area contributed by atoms with Crippen LogP contribution < -0.4 is 5.43 Å². The second-order valence-electron chi connectivity index (χ2n) is 4.22. The first kappa shape index (κ1) is 14.5. The topological polar surface area (TPSA) is 50.7 Å². The third-order valence-corrected chi connectivity index (χ3v) is 2.62. The minimum absolute atomic E-state index is 0.224. The third kappa shape index (κ3) is 5.74. The highest BCUT2D eigenvalue weighted by Crippen LogP contribution is 2.01. The number of hydrazone groups is 1. The van der Waals surface area contributed by atoms with E-state index in [0.717, 1.165) is 11.1 Å². The van der Waals surface area contributed by atoms with E-state index in [2.05, 4.69) is 10.5 Å². The summed E-state index contributed by atoms with van der Waals surface area (Å²) in [6.07, 6.45) is 4.55. The molecule has 1 N–H and O–H groups in total. The average Bonchev–Trinajstić information content (AvgIpc) is 2.54. The van der Waals surface area contributed by atoms with E-state index in [4.69, 9.17) is 4.74 Å². The molecular formula is C17H16N2O2. The van der Waals surface area contributed by atoms with Crippen LogP contribution in [0.1, 0.15) is 11.1 Å². The first-order valence-electron chi connectivity index (χ1n) is 6.56. The normalized spacial score (nSPS) is 10.9. The molecule has 0 radical (unpaired) electrons. The van der Waals surface area contributed by atoms with Crippen molar-refractivity contribution >= 4 is 18.4 Å². The second kappa shape index (κ2) is 8.32. The van der Waals surface area contributed by atoms with E-state index in [1.807, 2.05) is 66.7 Å². The van der Waals surface area contributed by atoms with Crippen molar-refractivity contribution in [3.05, 3.63) is 77.9 Å². The zero-order valence-corrected chi connectivity index (χ0v) is 11.5. The summed E-state index contributed by atoms with van der Waals surface area (Å²) in [7, 11) is 0. The van der Waals surface area contributed by atoms with Gasteiger partial charge in [-0.2, -0.15) is 5.10 Å².